The van der Waals surface area contributed by atoms with Crippen molar-refractivity contribution in [1.82, 2.24) is 0 Å². The Morgan fingerprint density at radius 1 is 1.10 bits per heavy atom. The van der Waals surface area contributed by atoms with Gasteiger partial charge in [-0.3, -0.25) is 0 Å². The van der Waals surface area contributed by atoms with E-state index in [2.05, 4.69) is 16.9 Å². The van der Waals surface area contributed by atoms with Gasteiger partial charge >= 0.3 is 0 Å². The molecule has 0 N–H and O–H groups in total. The summed E-state index contributed by atoms with van der Waals surface area (Å²) in [5.41, 5.74) is 3.01. The Hall–Kier alpha value is -2.02. The Kier molecular flexibility index (Phi) is 5.62. The fraction of sp³-hybridized carbons (Fsp3) is 0.529. The highest BCUT2D eigenvalue weighted by Crippen LogP contribution is 2.33. The summed E-state index contributed by atoms with van der Waals surface area (Å²) in [4.78, 5) is 28.7. The number of benzene rings is 1. The van der Waals surface area contributed by atoms with Gasteiger partial charge in [0.1, 0.15) is 0 Å². The SMILES string of the molecule is CCc1cccc(CC2CCC(N=C=O)CC2)c1N=C=O. The summed E-state index contributed by atoms with van der Waals surface area (Å²) in [5, 5.41) is 0. The van der Waals surface area contributed by atoms with Gasteiger partial charge in [0.05, 0.1) is 11.7 Å². The first-order valence-corrected chi connectivity index (χ1v) is 7.54. The van der Waals surface area contributed by atoms with Gasteiger partial charge in [-0.25, -0.2) is 14.6 Å². The molecule has 2 rings (SSSR count). The van der Waals surface area contributed by atoms with E-state index in [-0.39, 0.29) is 6.04 Å². The number of carbonyl (C=O) groups excluding carboxylic acids is 2. The Morgan fingerprint density at radius 2 is 1.81 bits per heavy atom. The minimum Gasteiger partial charge on any atom is -0.211 e. The van der Waals surface area contributed by atoms with Gasteiger partial charge in [0.2, 0.25) is 12.2 Å². The highest BCUT2D eigenvalue weighted by Gasteiger charge is 2.22. The number of isocyanates is 2. The highest BCUT2D eigenvalue weighted by atomic mass is 16.1. The molecule has 1 aromatic carbocycles. The number of hydrogen-bond donors (Lipinski definition) is 0. The number of rotatable bonds is 5. The quantitative estimate of drug-likeness (QED) is 0.612. The molecule has 1 fully saturated rings. The summed E-state index contributed by atoms with van der Waals surface area (Å²) < 4.78 is 0. The molecule has 0 spiro atoms. The van der Waals surface area contributed by atoms with Crippen molar-refractivity contribution in [3.05, 3.63) is 29.3 Å². The van der Waals surface area contributed by atoms with E-state index in [0.717, 1.165) is 55.3 Å². The first kappa shape index (κ1) is 15.4. The van der Waals surface area contributed by atoms with Gasteiger partial charge in [0.15, 0.2) is 0 Å². The third-order valence-electron chi connectivity index (χ3n) is 4.30. The van der Waals surface area contributed by atoms with Gasteiger partial charge in [-0.2, -0.15) is 4.99 Å². The van der Waals surface area contributed by atoms with Crippen molar-refractivity contribution in [2.24, 2.45) is 15.9 Å². The fourth-order valence-corrected chi connectivity index (χ4v) is 3.15. The summed E-state index contributed by atoms with van der Waals surface area (Å²) in [6.45, 7) is 2.06. The Bertz CT molecular complexity index is 576. The van der Waals surface area contributed by atoms with E-state index in [0.29, 0.717) is 5.92 Å². The standard InChI is InChI=1S/C17H20N2O2/c1-2-14-4-3-5-15(17(14)19-12-21)10-13-6-8-16(9-7-13)18-11-20/h3-5,13,16H,2,6-10H2,1H3. The second kappa shape index (κ2) is 7.68. The van der Waals surface area contributed by atoms with Crippen LogP contribution < -0.4 is 0 Å². The van der Waals surface area contributed by atoms with Crippen LogP contribution in [0.4, 0.5) is 5.69 Å². The minimum absolute atomic E-state index is 0.146. The van der Waals surface area contributed by atoms with Crippen LogP contribution in [0, 0.1) is 5.92 Å². The van der Waals surface area contributed by atoms with Crippen molar-refractivity contribution in [2.45, 2.75) is 51.5 Å². The average molecular weight is 284 g/mol. The molecule has 0 heterocycles. The van der Waals surface area contributed by atoms with Crippen LogP contribution in [-0.4, -0.2) is 18.2 Å². The smallest absolute Gasteiger partial charge is 0.211 e. The second-order valence-corrected chi connectivity index (χ2v) is 5.58. The van der Waals surface area contributed by atoms with Gasteiger partial charge in [0, 0.05) is 0 Å². The predicted octanol–water partition coefficient (Wildman–Crippen LogP) is 3.65. The summed E-state index contributed by atoms with van der Waals surface area (Å²) >= 11 is 0. The Labute approximate surface area is 125 Å². The molecule has 1 aliphatic rings. The largest absolute Gasteiger partial charge is 0.240 e. The maximum Gasteiger partial charge on any atom is 0.240 e. The van der Waals surface area contributed by atoms with Crippen LogP contribution in [-0.2, 0) is 22.4 Å². The van der Waals surface area contributed by atoms with Crippen molar-refractivity contribution in [3.8, 4) is 0 Å². The highest BCUT2D eigenvalue weighted by molar-refractivity contribution is 5.58. The number of hydrogen-bond acceptors (Lipinski definition) is 4. The molecular weight excluding hydrogens is 264 g/mol. The molecule has 21 heavy (non-hydrogen) atoms. The van der Waals surface area contributed by atoms with E-state index in [1.54, 1.807) is 12.2 Å². The molecule has 0 unspecified atom stereocenters. The van der Waals surface area contributed by atoms with Crippen molar-refractivity contribution in [2.75, 3.05) is 0 Å². The van der Waals surface area contributed by atoms with Gasteiger partial charge < -0.3 is 0 Å². The van der Waals surface area contributed by atoms with Gasteiger partial charge in [-0.1, -0.05) is 25.1 Å². The lowest BCUT2D eigenvalue weighted by Gasteiger charge is -2.26. The lowest BCUT2D eigenvalue weighted by Crippen LogP contribution is -2.18. The minimum atomic E-state index is 0.146. The molecule has 0 atom stereocenters. The average Bonchev–Trinajstić information content (AvgIpc) is 2.51. The van der Waals surface area contributed by atoms with Crippen LogP contribution in [0.25, 0.3) is 0 Å². The van der Waals surface area contributed by atoms with Crippen LogP contribution in [0.1, 0.15) is 43.7 Å². The molecule has 0 radical (unpaired) electrons. The van der Waals surface area contributed by atoms with E-state index in [1.807, 2.05) is 18.2 Å². The van der Waals surface area contributed by atoms with Crippen molar-refractivity contribution >= 4 is 17.8 Å². The maximum absolute atomic E-state index is 10.7. The van der Waals surface area contributed by atoms with Crippen LogP contribution in [0.3, 0.4) is 0 Å². The molecular formula is C17H20N2O2. The van der Waals surface area contributed by atoms with Crippen LogP contribution >= 0.6 is 0 Å². The van der Waals surface area contributed by atoms with Gasteiger partial charge in [-0.05, 0) is 55.6 Å². The zero-order valence-corrected chi connectivity index (χ0v) is 12.3. The molecule has 0 aliphatic heterocycles. The molecule has 110 valence electrons. The summed E-state index contributed by atoms with van der Waals surface area (Å²) in [6, 6.07) is 6.23. The first-order valence-electron chi connectivity index (χ1n) is 7.54. The van der Waals surface area contributed by atoms with Crippen molar-refractivity contribution in [3.63, 3.8) is 0 Å². The van der Waals surface area contributed by atoms with Gasteiger partial charge in [0.25, 0.3) is 0 Å². The van der Waals surface area contributed by atoms with Crippen molar-refractivity contribution in [1.29, 1.82) is 0 Å². The van der Waals surface area contributed by atoms with Crippen molar-refractivity contribution < 1.29 is 9.59 Å². The summed E-state index contributed by atoms with van der Waals surface area (Å²) in [7, 11) is 0. The molecule has 1 aromatic rings. The first-order chi connectivity index (χ1) is 10.3. The molecule has 0 bridgehead atoms. The van der Waals surface area contributed by atoms with E-state index in [4.69, 9.17) is 0 Å². The summed E-state index contributed by atoms with van der Waals surface area (Å²) in [5.74, 6) is 0.566. The van der Waals surface area contributed by atoms with E-state index in [9.17, 15) is 9.59 Å². The van der Waals surface area contributed by atoms with E-state index in [1.165, 1.54) is 0 Å². The Balaban J connectivity index is 2.10. The molecule has 1 saturated carbocycles. The normalized spacial score (nSPS) is 21.2. The molecule has 0 aromatic heterocycles. The molecule has 0 saturated heterocycles. The molecule has 0 amide bonds. The van der Waals surface area contributed by atoms with Crippen LogP contribution in [0.15, 0.2) is 28.2 Å². The van der Waals surface area contributed by atoms with E-state index >= 15 is 0 Å². The van der Waals surface area contributed by atoms with Crippen LogP contribution in [0.2, 0.25) is 0 Å². The van der Waals surface area contributed by atoms with Gasteiger partial charge in [-0.15, -0.1) is 0 Å². The Morgan fingerprint density at radius 3 is 2.43 bits per heavy atom. The zero-order valence-electron chi connectivity index (χ0n) is 12.3. The topological polar surface area (TPSA) is 58.9 Å². The third kappa shape index (κ3) is 3.98. The molecule has 4 nitrogen and oxygen atoms in total. The van der Waals surface area contributed by atoms with Crippen LogP contribution in [0.5, 0.6) is 0 Å². The third-order valence-corrected chi connectivity index (χ3v) is 4.30. The number of aliphatic imine (C=N–C) groups is 2. The predicted molar refractivity (Wildman–Crippen MR) is 81.2 cm³/mol. The number of aryl methyl sites for hydroxylation is 1. The van der Waals surface area contributed by atoms with E-state index < -0.39 is 0 Å². The summed E-state index contributed by atoms with van der Waals surface area (Å²) in [6.07, 6.45) is 9.11. The molecule has 4 heteroatoms. The maximum atomic E-state index is 10.7. The number of nitrogens with zero attached hydrogens (tertiary/aromatic N) is 2. The lowest BCUT2D eigenvalue weighted by molar-refractivity contribution is 0.325. The second-order valence-electron chi connectivity index (χ2n) is 5.58. The number of para-hydroxylation sites is 1. The lowest BCUT2D eigenvalue weighted by atomic mass is 9.82. The zero-order chi connectivity index (χ0) is 15.1. The monoisotopic (exact) mass is 284 g/mol. The molecule has 1 aliphatic carbocycles. The fourth-order valence-electron chi connectivity index (χ4n) is 3.15.